The molecule has 2 heterocycles. The summed E-state index contributed by atoms with van der Waals surface area (Å²) in [5.74, 6) is 0.813. The van der Waals surface area contributed by atoms with Gasteiger partial charge in [0.2, 0.25) is 5.91 Å². The van der Waals surface area contributed by atoms with E-state index in [9.17, 15) is 4.79 Å². The van der Waals surface area contributed by atoms with Crippen molar-refractivity contribution >= 4 is 29.5 Å². The third-order valence-corrected chi connectivity index (χ3v) is 5.75. The first-order valence-electron chi connectivity index (χ1n) is 8.66. The molecular formula is C19H20N4OS2. The Bertz CT molecular complexity index is 952. The molecule has 0 spiro atoms. The number of carbonyl (C=O) groups is 1. The van der Waals surface area contributed by atoms with Crippen LogP contribution in [0.15, 0.2) is 41.8 Å². The van der Waals surface area contributed by atoms with Crippen molar-refractivity contribution in [2.75, 3.05) is 0 Å². The van der Waals surface area contributed by atoms with E-state index in [0.717, 1.165) is 29.1 Å². The topological polar surface area (TPSA) is 53.9 Å². The van der Waals surface area contributed by atoms with Crippen LogP contribution in [0.2, 0.25) is 0 Å². The van der Waals surface area contributed by atoms with E-state index in [1.165, 1.54) is 5.56 Å². The van der Waals surface area contributed by atoms with Crippen molar-refractivity contribution in [2.45, 2.75) is 38.9 Å². The molecule has 4 rings (SSSR count). The molecule has 1 aliphatic rings. The molecule has 1 amide bonds. The number of hydrogen-bond acceptors (Lipinski definition) is 4. The molecule has 0 unspecified atom stereocenters. The molecule has 0 atom stereocenters. The first-order valence-corrected chi connectivity index (χ1v) is 9.94. The summed E-state index contributed by atoms with van der Waals surface area (Å²) in [5, 5.41) is 9.13. The average Bonchev–Trinajstić information content (AvgIpc) is 3.20. The number of benzene rings is 1. The highest BCUT2D eigenvalue weighted by molar-refractivity contribution is 7.71. The summed E-state index contributed by atoms with van der Waals surface area (Å²) < 4.78 is 2.28. The lowest BCUT2D eigenvalue weighted by molar-refractivity contribution is -0.133. The normalized spacial score (nSPS) is 13.7. The largest absolute Gasteiger partial charge is 0.334 e. The maximum atomic E-state index is 13.1. The maximum Gasteiger partial charge on any atom is 0.243 e. The molecule has 0 aliphatic heterocycles. The highest BCUT2D eigenvalue weighted by atomic mass is 32.1. The van der Waals surface area contributed by atoms with E-state index in [4.69, 9.17) is 12.2 Å². The Hall–Kier alpha value is -2.25. The monoisotopic (exact) mass is 384 g/mol. The molecule has 1 aromatic carbocycles. The molecule has 3 aromatic rings. The Morgan fingerprint density at radius 2 is 2.12 bits per heavy atom. The second-order valence-corrected chi connectivity index (χ2v) is 7.99. The minimum Gasteiger partial charge on any atom is -0.334 e. The van der Waals surface area contributed by atoms with Crippen LogP contribution in [0.1, 0.15) is 24.0 Å². The molecule has 1 aliphatic carbocycles. The quantitative estimate of drug-likeness (QED) is 0.649. The number of H-pyrrole nitrogens is 1. The van der Waals surface area contributed by atoms with Crippen molar-refractivity contribution in [3.63, 3.8) is 0 Å². The van der Waals surface area contributed by atoms with Crippen LogP contribution >= 0.6 is 23.6 Å². The van der Waals surface area contributed by atoms with Gasteiger partial charge in [0.15, 0.2) is 10.6 Å². The summed E-state index contributed by atoms with van der Waals surface area (Å²) in [4.78, 5) is 16.0. The van der Waals surface area contributed by atoms with Gasteiger partial charge in [-0.25, -0.2) is 0 Å². The second-order valence-electron chi connectivity index (χ2n) is 6.65. The van der Waals surface area contributed by atoms with Crippen LogP contribution < -0.4 is 0 Å². The first kappa shape index (κ1) is 17.2. The van der Waals surface area contributed by atoms with Crippen molar-refractivity contribution in [3.05, 3.63) is 57.7 Å². The van der Waals surface area contributed by atoms with E-state index < -0.39 is 0 Å². The highest BCUT2D eigenvalue weighted by Gasteiger charge is 2.33. The fourth-order valence-electron chi connectivity index (χ4n) is 2.98. The third-order valence-electron chi connectivity index (χ3n) is 4.57. The van der Waals surface area contributed by atoms with Gasteiger partial charge in [-0.15, -0.1) is 11.3 Å². The fourth-order valence-corrected chi connectivity index (χ4v) is 3.90. The van der Waals surface area contributed by atoms with Crippen molar-refractivity contribution < 1.29 is 4.79 Å². The summed E-state index contributed by atoms with van der Waals surface area (Å²) in [6.45, 7) is 2.93. The molecule has 7 heteroatoms. The molecule has 26 heavy (non-hydrogen) atoms. The Balaban J connectivity index is 1.55. The summed E-state index contributed by atoms with van der Waals surface area (Å²) in [6.07, 6.45) is 2.15. The van der Waals surface area contributed by atoms with Gasteiger partial charge in [0, 0.05) is 12.6 Å². The minimum absolute atomic E-state index is 0.0865. The van der Waals surface area contributed by atoms with E-state index in [2.05, 4.69) is 41.4 Å². The number of hydrogen-bond donors (Lipinski definition) is 1. The Kier molecular flexibility index (Phi) is 4.74. The molecule has 0 saturated heterocycles. The number of aromatic nitrogens is 3. The zero-order valence-electron chi connectivity index (χ0n) is 14.5. The van der Waals surface area contributed by atoms with Crippen LogP contribution in [0.25, 0.3) is 10.7 Å². The number of carbonyl (C=O) groups excluding carboxylic acids is 1. The highest BCUT2D eigenvalue weighted by Crippen LogP contribution is 2.29. The van der Waals surface area contributed by atoms with E-state index >= 15 is 0 Å². The van der Waals surface area contributed by atoms with Gasteiger partial charge in [0.1, 0.15) is 6.54 Å². The van der Waals surface area contributed by atoms with Crippen LogP contribution in [-0.2, 0) is 17.9 Å². The number of aryl methyl sites for hydroxylation is 1. The van der Waals surface area contributed by atoms with E-state index in [-0.39, 0.29) is 12.5 Å². The zero-order chi connectivity index (χ0) is 18.1. The van der Waals surface area contributed by atoms with Gasteiger partial charge in [-0.3, -0.25) is 14.5 Å². The number of thiophene rings is 1. The Morgan fingerprint density at radius 3 is 2.77 bits per heavy atom. The second kappa shape index (κ2) is 7.17. The van der Waals surface area contributed by atoms with Crippen molar-refractivity contribution in [2.24, 2.45) is 0 Å². The SMILES string of the molecule is Cc1ccc(CN(C(=O)Cn2c(-c3cccs3)n[nH]c2=S)C2CC2)cc1. The average molecular weight is 385 g/mol. The van der Waals surface area contributed by atoms with Crippen LogP contribution in [0.4, 0.5) is 0 Å². The van der Waals surface area contributed by atoms with Crippen LogP contribution in [0.5, 0.6) is 0 Å². The molecule has 2 aromatic heterocycles. The molecule has 0 radical (unpaired) electrons. The van der Waals surface area contributed by atoms with Gasteiger partial charge in [-0.2, -0.15) is 5.10 Å². The number of amides is 1. The van der Waals surface area contributed by atoms with Crippen LogP contribution in [-0.4, -0.2) is 31.6 Å². The molecule has 134 valence electrons. The Morgan fingerprint density at radius 1 is 1.35 bits per heavy atom. The van der Waals surface area contributed by atoms with Crippen molar-refractivity contribution in [1.82, 2.24) is 19.7 Å². The number of aromatic amines is 1. The number of nitrogens with zero attached hydrogens (tertiary/aromatic N) is 3. The lowest BCUT2D eigenvalue weighted by Gasteiger charge is -2.23. The first-order chi connectivity index (χ1) is 12.6. The summed E-state index contributed by atoms with van der Waals surface area (Å²) in [6, 6.07) is 12.7. The molecule has 1 saturated carbocycles. The molecule has 1 fully saturated rings. The van der Waals surface area contributed by atoms with Gasteiger partial charge >= 0.3 is 0 Å². The summed E-state index contributed by atoms with van der Waals surface area (Å²) in [7, 11) is 0. The van der Waals surface area contributed by atoms with Gasteiger partial charge < -0.3 is 4.90 Å². The Labute approximate surface area is 161 Å². The molecule has 1 N–H and O–H groups in total. The van der Waals surface area contributed by atoms with E-state index in [1.807, 2.05) is 22.4 Å². The molecule has 5 nitrogen and oxygen atoms in total. The zero-order valence-corrected chi connectivity index (χ0v) is 16.1. The summed E-state index contributed by atoms with van der Waals surface area (Å²) in [5.41, 5.74) is 2.38. The van der Waals surface area contributed by atoms with Gasteiger partial charge in [-0.1, -0.05) is 35.9 Å². The standard InChI is InChI=1S/C19H20N4OS2/c1-13-4-6-14(7-5-13)11-22(15-8-9-15)17(24)12-23-18(20-21-19(23)25)16-3-2-10-26-16/h2-7,10,15H,8-9,11-12H2,1H3,(H,21,25). The van der Waals surface area contributed by atoms with Crippen LogP contribution in [0, 0.1) is 11.7 Å². The van der Waals surface area contributed by atoms with E-state index in [0.29, 0.717) is 17.4 Å². The predicted octanol–water partition coefficient (Wildman–Crippen LogP) is 4.17. The third kappa shape index (κ3) is 3.64. The molecule has 0 bridgehead atoms. The smallest absolute Gasteiger partial charge is 0.243 e. The van der Waals surface area contributed by atoms with Gasteiger partial charge in [-0.05, 0) is 49.0 Å². The fraction of sp³-hybridized carbons (Fsp3) is 0.316. The van der Waals surface area contributed by atoms with Crippen molar-refractivity contribution in [3.8, 4) is 10.7 Å². The van der Waals surface area contributed by atoms with Gasteiger partial charge in [0.25, 0.3) is 0 Å². The predicted molar refractivity (Wildman–Crippen MR) is 105 cm³/mol. The van der Waals surface area contributed by atoms with Crippen LogP contribution in [0.3, 0.4) is 0 Å². The molecular weight excluding hydrogens is 364 g/mol. The summed E-state index contributed by atoms with van der Waals surface area (Å²) >= 11 is 6.94. The van der Waals surface area contributed by atoms with Crippen molar-refractivity contribution in [1.29, 1.82) is 0 Å². The lowest BCUT2D eigenvalue weighted by atomic mass is 10.1. The lowest BCUT2D eigenvalue weighted by Crippen LogP contribution is -2.35. The number of rotatable bonds is 6. The number of nitrogens with one attached hydrogen (secondary N) is 1. The van der Waals surface area contributed by atoms with E-state index in [1.54, 1.807) is 15.9 Å². The van der Waals surface area contributed by atoms with Gasteiger partial charge in [0.05, 0.1) is 4.88 Å². The maximum absolute atomic E-state index is 13.1. The minimum atomic E-state index is 0.0865.